The van der Waals surface area contributed by atoms with Crippen molar-refractivity contribution in [2.45, 2.75) is 19.4 Å². The molecule has 1 atom stereocenters. The molecular formula is C17H19NO2. The molecule has 2 rings (SSSR count). The van der Waals surface area contributed by atoms with E-state index in [1.165, 1.54) is 0 Å². The maximum atomic E-state index is 11.9. The van der Waals surface area contributed by atoms with Crippen molar-refractivity contribution < 1.29 is 9.53 Å². The van der Waals surface area contributed by atoms with Gasteiger partial charge in [0.05, 0.1) is 11.6 Å². The lowest BCUT2D eigenvalue weighted by Crippen LogP contribution is -2.26. The van der Waals surface area contributed by atoms with Crippen LogP contribution < -0.4 is 5.32 Å². The van der Waals surface area contributed by atoms with Gasteiger partial charge in [0, 0.05) is 5.69 Å². The summed E-state index contributed by atoms with van der Waals surface area (Å²) in [4.78, 5) is 11.9. The summed E-state index contributed by atoms with van der Waals surface area (Å²) in [6.45, 7) is 2.43. The smallest absolute Gasteiger partial charge is 0.338 e. The van der Waals surface area contributed by atoms with Crippen LogP contribution in [0.1, 0.15) is 23.7 Å². The van der Waals surface area contributed by atoms with Crippen LogP contribution >= 0.6 is 0 Å². The zero-order chi connectivity index (χ0) is 14.2. The highest BCUT2D eigenvalue weighted by Gasteiger charge is 2.11. The minimum Gasteiger partial charge on any atom is -0.460 e. The van der Waals surface area contributed by atoms with Gasteiger partial charge in [-0.3, -0.25) is 0 Å². The largest absolute Gasteiger partial charge is 0.460 e. The summed E-state index contributed by atoms with van der Waals surface area (Å²) in [6.07, 6.45) is 0.886. The van der Waals surface area contributed by atoms with Crippen LogP contribution in [0.4, 0.5) is 5.69 Å². The lowest BCUT2D eigenvalue weighted by molar-refractivity contribution is 0.0487. The molecule has 20 heavy (non-hydrogen) atoms. The third kappa shape index (κ3) is 4.12. The fraction of sp³-hybridized carbons (Fsp3) is 0.235. The highest BCUT2D eigenvalue weighted by molar-refractivity contribution is 5.89. The Morgan fingerprint density at radius 1 is 1.05 bits per heavy atom. The molecule has 1 N–H and O–H groups in total. The van der Waals surface area contributed by atoms with E-state index >= 15 is 0 Å². The predicted octanol–water partition coefficient (Wildman–Crippen LogP) is 3.73. The fourth-order valence-corrected chi connectivity index (χ4v) is 1.87. The average Bonchev–Trinajstić information content (AvgIpc) is 2.53. The predicted molar refractivity (Wildman–Crippen MR) is 80.9 cm³/mol. The molecule has 0 bridgehead atoms. The van der Waals surface area contributed by atoms with Gasteiger partial charge in [0.1, 0.15) is 6.61 Å². The van der Waals surface area contributed by atoms with Gasteiger partial charge in [0.2, 0.25) is 0 Å². The Morgan fingerprint density at radius 2 is 1.65 bits per heavy atom. The minimum atomic E-state index is -0.279. The van der Waals surface area contributed by atoms with Crippen LogP contribution in [-0.4, -0.2) is 18.6 Å². The van der Waals surface area contributed by atoms with Crippen LogP contribution in [0.5, 0.6) is 0 Å². The number of carbonyl (C=O) groups is 1. The van der Waals surface area contributed by atoms with Gasteiger partial charge in [0.25, 0.3) is 0 Å². The number of anilines is 1. The summed E-state index contributed by atoms with van der Waals surface area (Å²) in [7, 11) is 0. The van der Waals surface area contributed by atoms with Crippen LogP contribution in [0, 0.1) is 0 Å². The number of hydrogen-bond acceptors (Lipinski definition) is 3. The molecule has 2 aromatic rings. The molecular weight excluding hydrogens is 250 g/mol. The SMILES string of the molecule is CCC(COC(=O)c1ccccc1)Nc1ccccc1. The van der Waals surface area contributed by atoms with E-state index in [0.29, 0.717) is 12.2 Å². The first-order chi connectivity index (χ1) is 9.79. The summed E-state index contributed by atoms with van der Waals surface area (Å²) in [5, 5.41) is 3.36. The molecule has 0 radical (unpaired) electrons. The van der Waals surface area contributed by atoms with Crippen LogP contribution in [0.25, 0.3) is 0 Å². The van der Waals surface area contributed by atoms with Crippen molar-refractivity contribution in [1.29, 1.82) is 0 Å². The maximum absolute atomic E-state index is 11.9. The van der Waals surface area contributed by atoms with E-state index in [1.807, 2.05) is 48.5 Å². The molecule has 104 valence electrons. The normalized spacial score (nSPS) is 11.7. The van der Waals surface area contributed by atoms with Crippen LogP contribution in [0.2, 0.25) is 0 Å². The summed E-state index contributed by atoms with van der Waals surface area (Å²) in [5.74, 6) is -0.279. The van der Waals surface area contributed by atoms with E-state index in [9.17, 15) is 4.79 Å². The monoisotopic (exact) mass is 269 g/mol. The van der Waals surface area contributed by atoms with Crippen molar-refractivity contribution >= 4 is 11.7 Å². The lowest BCUT2D eigenvalue weighted by Gasteiger charge is -2.18. The second-order valence-corrected chi connectivity index (χ2v) is 4.58. The van der Waals surface area contributed by atoms with Crippen molar-refractivity contribution in [3.8, 4) is 0 Å². The Balaban J connectivity index is 1.86. The third-order valence-corrected chi connectivity index (χ3v) is 3.06. The molecule has 1 unspecified atom stereocenters. The van der Waals surface area contributed by atoms with E-state index in [-0.39, 0.29) is 12.0 Å². The van der Waals surface area contributed by atoms with Crippen molar-refractivity contribution in [2.75, 3.05) is 11.9 Å². The Hall–Kier alpha value is -2.29. The number of esters is 1. The zero-order valence-corrected chi connectivity index (χ0v) is 11.6. The summed E-state index contributed by atoms with van der Waals surface area (Å²) >= 11 is 0. The van der Waals surface area contributed by atoms with Crippen LogP contribution in [-0.2, 0) is 4.74 Å². The Labute approximate surface area is 119 Å². The molecule has 0 amide bonds. The van der Waals surface area contributed by atoms with Crippen molar-refractivity contribution in [1.82, 2.24) is 0 Å². The van der Waals surface area contributed by atoms with Gasteiger partial charge >= 0.3 is 5.97 Å². The number of carbonyl (C=O) groups excluding carboxylic acids is 1. The standard InChI is InChI=1S/C17H19NO2/c1-2-15(18-16-11-7-4-8-12-16)13-20-17(19)14-9-5-3-6-10-14/h3-12,15,18H,2,13H2,1H3. The summed E-state index contributed by atoms with van der Waals surface area (Å²) in [6, 6.07) is 19.1. The molecule has 0 aliphatic rings. The quantitative estimate of drug-likeness (QED) is 0.812. The highest BCUT2D eigenvalue weighted by Crippen LogP contribution is 2.10. The summed E-state index contributed by atoms with van der Waals surface area (Å²) in [5.41, 5.74) is 1.62. The molecule has 2 aromatic carbocycles. The van der Waals surface area contributed by atoms with E-state index in [2.05, 4.69) is 12.2 Å². The maximum Gasteiger partial charge on any atom is 0.338 e. The number of hydrogen-bond donors (Lipinski definition) is 1. The van der Waals surface area contributed by atoms with Crippen LogP contribution in [0.3, 0.4) is 0 Å². The first kappa shape index (κ1) is 14.1. The first-order valence-electron chi connectivity index (χ1n) is 6.83. The number of benzene rings is 2. The number of ether oxygens (including phenoxy) is 1. The van der Waals surface area contributed by atoms with E-state index in [1.54, 1.807) is 12.1 Å². The Kier molecular flexibility index (Phi) is 5.18. The van der Waals surface area contributed by atoms with E-state index < -0.39 is 0 Å². The van der Waals surface area contributed by atoms with Gasteiger partial charge in [-0.1, -0.05) is 43.3 Å². The van der Waals surface area contributed by atoms with Gasteiger partial charge in [-0.2, -0.15) is 0 Å². The number of nitrogens with one attached hydrogen (secondary N) is 1. The zero-order valence-electron chi connectivity index (χ0n) is 11.6. The molecule has 0 spiro atoms. The number of para-hydroxylation sites is 1. The topological polar surface area (TPSA) is 38.3 Å². The van der Waals surface area contributed by atoms with Gasteiger partial charge < -0.3 is 10.1 Å². The molecule has 0 saturated heterocycles. The molecule has 0 aliphatic heterocycles. The van der Waals surface area contributed by atoms with E-state index in [0.717, 1.165) is 12.1 Å². The summed E-state index contributed by atoms with van der Waals surface area (Å²) < 4.78 is 5.35. The molecule has 0 aliphatic carbocycles. The fourth-order valence-electron chi connectivity index (χ4n) is 1.87. The highest BCUT2D eigenvalue weighted by atomic mass is 16.5. The molecule has 3 nitrogen and oxygen atoms in total. The van der Waals surface area contributed by atoms with Gasteiger partial charge in [0.15, 0.2) is 0 Å². The molecule has 0 aromatic heterocycles. The van der Waals surface area contributed by atoms with Crippen molar-refractivity contribution in [3.05, 3.63) is 66.2 Å². The van der Waals surface area contributed by atoms with Gasteiger partial charge in [-0.15, -0.1) is 0 Å². The van der Waals surface area contributed by atoms with Crippen LogP contribution in [0.15, 0.2) is 60.7 Å². The lowest BCUT2D eigenvalue weighted by atomic mass is 10.2. The molecule has 0 heterocycles. The second-order valence-electron chi connectivity index (χ2n) is 4.58. The van der Waals surface area contributed by atoms with E-state index in [4.69, 9.17) is 4.74 Å². The Morgan fingerprint density at radius 3 is 2.25 bits per heavy atom. The second kappa shape index (κ2) is 7.34. The number of rotatable bonds is 6. The third-order valence-electron chi connectivity index (χ3n) is 3.06. The van der Waals surface area contributed by atoms with Crippen molar-refractivity contribution in [3.63, 3.8) is 0 Å². The minimum absolute atomic E-state index is 0.116. The molecule has 0 fully saturated rings. The molecule has 0 saturated carbocycles. The average molecular weight is 269 g/mol. The van der Waals surface area contributed by atoms with Gasteiger partial charge in [-0.25, -0.2) is 4.79 Å². The van der Waals surface area contributed by atoms with Crippen molar-refractivity contribution in [2.24, 2.45) is 0 Å². The van der Waals surface area contributed by atoms with Gasteiger partial charge in [-0.05, 0) is 30.7 Å². The molecule has 3 heteroatoms. The Bertz CT molecular complexity index is 525. The first-order valence-corrected chi connectivity index (χ1v) is 6.83.